The first-order valence-corrected chi connectivity index (χ1v) is 16.3. The summed E-state index contributed by atoms with van der Waals surface area (Å²) < 4.78 is 28.4. The molecule has 1 N–H and O–H groups in total. The number of halogens is 1. The molecule has 9 heteroatoms. The SMILES string of the molecule is CC(C)(C)NC(=O)[C@H](Cc1ccccc1)N(Cc1ccc(Br)cc1)C(=O)CN(c1cccc2ccccc12)S(C)(=O)=O. The number of nitrogens with one attached hydrogen (secondary N) is 1. The van der Waals surface area contributed by atoms with Crippen LogP contribution in [0.1, 0.15) is 31.9 Å². The van der Waals surface area contributed by atoms with Gasteiger partial charge in [0.15, 0.2) is 0 Å². The van der Waals surface area contributed by atoms with Crippen LogP contribution in [-0.4, -0.2) is 49.5 Å². The van der Waals surface area contributed by atoms with Crippen LogP contribution in [0.2, 0.25) is 0 Å². The normalized spacial score (nSPS) is 12.5. The average Bonchev–Trinajstić information content (AvgIpc) is 2.93. The Kier molecular flexibility index (Phi) is 9.74. The monoisotopic (exact) mass is 649 g/mol. The van der Waals surface area contributed by atoms with E-state index in [4.69, 9.17) is 0 Å². The van der Waals surface area contributed by atoms with Gasteiger partial charge in [-0.3, -0.25) is 13.9 Å². The number of nitrogens with zero attached hydrogens (tertiary/aromatic N) is 2. The molecule has 0 aliphatic carbocycles. The number of rotatable bonds is 10. The predicted octanol–water partition coefficient (Wildman–Crippen LogP) is 5.92. The minimum absolute atomic E-state index is 0.119. The number of carbonyl (C=O) groups excluding carboxylic acids is 2. The minimum Gasteiger partial charge on any atom is -0.350 e. The first kappa shape index (κ1) is 31.3. The molecule has 0 bridgehead atoms. The fourth-order valence-corrected chi connectivity index (χ4v) is 5.94. The van der Waals surface area contributed by atoms with Gasteiger partial charge in [0, 0.05) is 28.4 Å². The van der Waals surface area contributed by atoms with Gasteiger partial charge >= 0.3 is 0 Å². The summed E-state index contributed by atoms with van der Waals surface area (Å²) in [5.74, 6) is -0.797. The Balaban J connectivity index is 1.79. The van der Waals surface area contributed by atoms with Gasteiger partial charge < -0.3 is 10.2 Å². The second-order valence-corrected chi connectivity index (χ2v) is 14.2. The van der Waals surface area contributed by atoms with Crippen LogP contribution in [0.5, 0.6) is 0 Å². The van der Waals surface area contributed by atoms with E-state index in [1.54, 1.807) is 12.1 Å². The van der Waals surface area contributed by atoms with Gasteiger partial charge in [0.25, 0.3) is 0 Å². The molecule has 0 heterocycles. The predicted molar refractivity (Wildman–Crippen MR) is 173 cm³/mol. The third-order valence-corrected chi connectivity index (χ3v) is 8.41. The van der Waals surface area contributed by atoms with E-state index in [1.165, 1.54) is 4.90 Å². The number of benzene rings is 4. The van der Waals surface area contributed by atoms with Crippen molar-refractivity contribution in [2.75, 3.05) is 17.1 Å². The largest absolute Gasteiger partial charge is 0.350 e. The Bertz CT molecular complexity index is 1650. The number of hydrogen-bond donors (Lipinski definition) is 1. The molecule has 7 nitrogen and oxygen atoms in total. The summed E-state index contributed by atoms with van der Waals surface area (Å²) in [6.45, 7) is 5.32. The molecule has 4 rings (SSSR count). The molecule has 0 fully saturated rings. The number of hydrogen-bond acceptors (Lipinski definition) is 4. The summed E-state index contributed by atoms with van der Waals surface area (Å²) in [7, 11) is -3.87. The standard InChI is InChI=1S/C33H36BrN3O4S/c1-33(2,3)35-32(39)30(21-24-11-6-5-7-12-24)36(22-25-17-19-27(34)20-18-25)31(38)23-37(42(4,40)41)29-16-10-14-26-13-8-9-15-28(26)29/h5-20,30H,21-23H2,1-4H3,(H,35,39)/t30-/m0/s1. The van der Waals surface area contributed by atoms with Crippen LogP contribution in [0.3, 0.4) is 0 Å². The van der Waals surface area contributed by atoms with E-state index < -0.39 is 34.1 Å². The molecule has 0 saturated heterocycles. The minimum atomic E-state index is -3.87. The van der Waals surface area contributed by atoms with Crippen molar-refractivity contribution in [2.45, 2.75) is 45.3 Å². The molecule has 1 atom stereocenters. The highest BCUT2D eigenvalue weighted by molar-refractivity contribution is 9.10. The summed E-state index contributed by atoms with van der Waals surface area (Å²) in [5.41, 5.74) is 1.56. The van der Waals surface area contributed by atoms with Crippen molar-refractivity contribution in [2.24, 2.45) is 0 Å². The van der Waals surface area contributed by atoms with E-state index in [-0.39, 0.29) is 18.9 Å². The highest BCUT2D eigenvalue weighted by Gasteiger charge is 2.34. The lowest BCUT2D eigenvalue weighted by atomic mass is 10.0. The van der Waals surface area contributed by atoms with Crippen molar-refractivity contribution in [3.05, 3.63) is 113 Å². The lowest BCUT2D eigenvalue weighted by Gasteiger charge is -2.35. The highest BCUT2D eigenvalue weighted by Crippen LogP contribution is 2.29. The van der Waals surface area contributed by atoms with Gasteiger partial charge in [0.2, 0.25) is 21.8 Å². The first-order valence-electron chi connectivity index (χ1n) is 13.7. The number of fused-ring (bicyclic) bond motifs is 1. The number of amides is 2. The van der Waals surface area contributed by atoms with Crippen LogP contribution in [0, 0.1) is 0 Å². The van der Waals surface area contributed by atoms with E-state index in [2.05, 4.69) is 21.2 Å². The van der Waals surface area contributed by atoms with E-state index in [0.717, 1.165) is 31.5 Å². The van der Waals surface area contributed by atoms with Crippen LogP contribution in [0.25, 0.3) is 10.8 Å². The van der Waals surface area contributed by atoms with Crippen LogP contribution in [0.15, 0.2) is 102 Å². The molecule has 0 aromatic heterocycles. The van der Waals surface area contributed by atoms with Crippen molar-refractivity contribution in [3.63, 3.8) is 0 Å². The van der Waals surface area contributed by atoms with Crippen LogP contribution < -0.4 is 9.62 Å². The molecule has 0 spiro atoms. The number of sulfonamides is 1. The van der Waals surface area contributed by atoms with E-state index in [9.17, 15) is 18.0 Å². The van der Waals surface area contributed by atoms with Gasteiger partial charge in [-0.2, -0.15) is 0 Å². The zero-order chi connectivity index (χ0) is 30.5. The fourth-order valence-electron chi connectivity index (χ4n) is 4.81. The molecule has 0 aliphatic rings. The molecule has 220 valence electrons. The topological polar surface area (TPSA) is 86.8 Å². The molecule has 2 amide bonds. The summed E-state index contributed by atoms with van der Waals surface area (Å²) in [6, 6.07) is 28.9. The molecular formula is C33H36BrN3O4S. The fraction of sp³-hybridized carbons (Fsp3) is 0.273. The van der Waals surface area contributed by atoms with Crippen molar-refractivity contribution in [3.8, 4) is 0 Å². The lowest BCUT2D eigenvalue weighted by Crippen LogP contribution is -2.56. The summed E-state index contributed by atoms with van der Waals surface area (Å²) >= 11 is 3.45. The van der Waals surface area contributed by atoms with E-state index in [0.29, 0.717) is 11.1 Å². The third kappa shape index (κ3) is 8.20. The van der Waals surface area contributed by atoms with Crippen LogP contribution in [-0.2, 0) is 32.6 Å². The molecule has 0 aliphatic heterocycles. The molecule has 0 radical (unpaired) electrons. The Morgan fingerprint density at radius 3 is 2.10 bits per heavy atom. The molecule has 4 aromatic rings. The van der Waals surface area contributed by atoms with E-state index >= 15 is 0 Å². The molecule has 4 aromatic carbocycles. The number of anilines is 1. The summed E-state index contributed by atoms with van der Waals surface area (Å²) in [5, 5.41) is 4.60. The maximum absolute atomic E-state index is 14.3. The summed E-state index contributed by atoms with van der Waals surface area (Å²) in [4.78, 5) is 29.7. The smallest absolute Gasteiger partial charge is 0.244 e. The van der Waals surface area contributed by atoms with Gasteiger partial charge in [-0.05, 0) is 55.5 Å². The Hall–Kier alpha value is -3.69. The summed E-state index contributed by atoms with van der Waals surface area (Å²) in [6.07, 6.45) is 1.35. The average molecular weight is 651 g/mol. The van der Waals surface area contributed by atoms with Crippen LogP contribution >= 0.6 is 15.9 Å². The van der Waals surface area contributed by atoms with Gasteiger partial charge in [0.05, 0.1) is 11.9 Å². The van der Waals surface area contributed by atoms with Crippen molar-refractivity contribution in [1.82, 2.24) is 10.2 Å². The second-order valence-electron chi connectivity index (χ2n) is 11.4. The quantitative estimate of drug-likeness (QED) is 0.231. The van der Waals surface area contributed by atoms with Crippen molar-refractivity contribution >= 4 is 54.2 Å². The van der Waals surface area contributed by atoms with Gasteiger partial charge in [0.1, 0.15) is 12.6 Å². The Labute approximate surface area is 256 Å². The van der Waals surface area contributed by atoms with E-state index in [1.807, 2.05) is 106 Å². The highest BCUT2D eigenvalue weighted by atomic mass is 79.9. The van der Waals surface area contributed by atoms with Crippen LogP contribution in [0.4, 0.5) is 5.69 Å². The zero-order valence-electron chi connectivity index (χ0n) is 24.2. The van der Waals surface area contributed by atoms with Crippen molar-refractivity contribution in [1.29, 1.82) is 0 Å². The second kappa shape index (κ2) is 13.1. The molecule has 42 heavy (non-hydrogen) atoms. The van der Waals surface area contributed by atoms with Crippen molar-refractivity contribution < 1.29 is 18.0 Å². The van der Waals surface area contributed by atoms with Gasteiger partial charge in [-0.15, -0.1) is 0 Å². The van der Waals surface area contributed by atoms with Gasteiger partial charge in [-0.25, -0.2) is 8.42 Å². The molecular weight excluding hydrogens is 614 g/mol. The molecule has 0 unspecified atom stereocenters. The Morgan fingerprint density at radius 2 is 1.45 bits per heavy atom. The number of carbonyl (C=O) groups is 2. The third-order valence-electron chi connectivity index (χ3n) is 6.75. The zero-order valence-corrected chi connectivity index (χ0v) is 26.7. The maximum Gasteiger partial charge on any atom is 0.244 e. The van der Waals surface area contributed by atoms with Gasteiger partial charge in [-0.1, -0.05) is 94.8 Å². The Morgan fingerprint density at radius 1 is 0.833 bits per heavy atom. The lowest BCUT2D eigenvalue weighted by molar-refractivity contribution is -0.140. The first-order chi connectivity index (χ1) is 19.8. The maximum atomic E-state index is 14.3. The molecule has 0 saturated carbocycles.